The number of rotatable bonds is 5. The van der Waals surface area contributed by atoms with Gasteiger partial charge in [-0.25, -0.2) is 12.8 Å². The van der Waals surface area contributed by atoms with E-state index in [1.54, 1.807) is 6.07 Å². The zero-order valence-corrected chi connectivity index (χ0v) is 12.6. The summed E-state index contributed by atoms with van der Waals surface area (Å²) >= 11 is 0. The Morgan fingerprint density at radius 1 is 1.38 bits per heavy atom. The molecule has 0 heterocycles. The predicted octanol–water partition coefficient (Wildman–Crippen LogP) is 1.96. The van der Waals surface area contributed by atoms with Crippen molar-refractivity contribution in [2.75, 3.05) is 11.0 Å². The van der Waals surface area contributed by atoms with Crippen molar-refractivity contribution >= 4 is 21.6 Å². The van der Waals surface area contributed by atoms with Crippen molar-refractivity contribution in [2.24, 2.45) is 11.7 Å². The van der Waals surface area contributed by atoms with E-state index in [4.69, 9.17) is 5.73 Å². The van der Waals surface area contributed by atoms with E-state index in [-0.39, 0.29) is 11.6 Å². The van der Waals surface area contributed by atoms with Crippen molar-refractivity contribution in [3.05, 3.63) is 29.6 Å². The van der Waals surface area contributed by atoms with Crippen molar-refractivity contribution in [3.63, 3.8) is 0 Å². The number of nitrogens with two attached hydrogens (primary N) is 1. The molecule has 1 aliphatic rings. The number of amides is 1. The Kier molecular flexibility index (Phi) is 4.51. The van der Waals surface area contributed by atoms with Crippen LogP contribution in [0.4, 0.5) is 10.1 Å². The highest BCUT2D eigenvalue weighted by Gasteiger charge is 2.31. The Hall–Kier alpha value is -1.63. The normalized spacial score (nSPS) is 17.6. The summed E-state index contributed by atoms with van der Waals surface area (Å²) in [6.07, 6.45) is 4.84. The van der Waals surface area contributed by atoms with E-state index in [0.29, 0.717) is 5.56 Å². The molecule has 1 atom stereocenters. The number of benzene rings is 1. The standard InChI is InChI=1S/C14H19FN2O3S/c1-21(19,20)17-12-7-6-10(8-11(12)15)13(14(16)18)9-4-2-3-5-9/h6-9,13,17H,2-5H2,1H3,(H2,16,18). The molecule has 0 saturated heterocycles. The van der Waals surface area contributed by atoms with Gasteiger partial charge in [0.25, 0.3) is 0 Å². The fourth-order valence-electron chi connectivity index (χ4n) is 2.97. The highest BCUT2D eigenvalue weighted by molar-refractivity contribution is 7.92. The lowest BCUT2D eigenvalue weighted by atomic mass is 9.84. The number of sulfonamides is 1. The Bertz CT molecular complexity index is 640. The summed E-state index contributed by atoms with van der Waals surface area (Å²) in [4.78, 5) is 11.7. The molecule has 0 radical (unpaired) electrons. The van der Waals surface area contributed by atoms with Crippen molar-refractivity contribution < 1.29 is 17.6 Å². The van der Waals surface area contributed by atoms with Crippen LogP contribution in [0.3, 0.4) is 0 Å². The molecule has 0 aromatic heterocycles. The lowest BCUT2D eigenvalue weighted by molar-refractivity contribution is -0.120. The Morgan fingerprint density at radius 2 is 2.00 bits per heavy atom. The minimum absolute atomic E-state index is 0.129. The second-order valence-electron chi connectivity index (χ2n) is 5.54. The number of halogens is 1. The highest BCUT2D eigenvalue weighted by atomic mass is 32.2. The quantitative estimate of drug-likeness (QED) is 0.870. The number of primary amides is 1. The van der Waals surface area contributed by atoms with E-state index in [9.17, 15) is 17.6 Å². The summed E-state index contributed by atoms with van der Waals surface area (Å²) in [5.74, 6) is -1.56. The lowest BCUT2D eigenvalue weighted by Gasteiger charge is -2.21. The van der Waals surface area contributed by atoms with Gasteiger partial charge in [0.05, 0.1) is 17.9 Å². The van der Waals surface area contributed by atoms with Gasteiger partial charge in [-0.15, -0.1) is 0 Å². The third-order valence-electron chi connectivity index (χ3n) is 3.83. The molecule has 1 aliphatic carbocycles. The van der Waals surface area contributed by atoms with E-state index in [1.807, 2.05) is 0 Å². The lowest BCUT2D eigenvalue weighted by Crippen LogP contribution is -2.27. The van der Waals surface area contributed by atoms with Gasteiger partial charge in [0, 0.05) is 0 Å². The molecule has 2 rings (SSSR count). The van der Waals surface area contributed by atoms with E-state index in [2.05, 4.69) is 4.72 Å². The van der Waals surface area contributed by atoms with Crippen LogP contribution in [0.25, 0.3) is 0 Å². The van der Waals surface area contributed by atoms with Crippen LogP contribution in [-0.4, -0.2) is 20.6 Å². The number of hydrogen-bond donors (Lipinski definition) is 2. The van der Waals surface area contributed by atoms with Crippen LogP contribution < -0.4 is 10.5 Å². The van der Waals surface area contributed by atoms with Crippen molar-refractivity contribution in [2.45, 2.75) is 31.6 Å². The van der Waals surface area contributed by atoms with Gasteiger partial charge in [-0.2, -0.15) is 0 Å². The molecule has 21 heavy (non-hydrogen) atoms. The molecule has 5 nitrogen and oxygen atoms in total. The predicted molar refractivity (Wildman–Crippen MR) is 78.8 cm³/mol. The highest BCUT2D eigenvalue weighted by Crippen LogP contribution is 2.38. The molecule has 1 unspecified atom stereocenters. The molecular weight excluding hydrogens is 295 g/mol. The summed E-state index contributed by atoms with van der Waals surface area (Å²) in [6.45, 7) is 0. The number of hydrogen-bond acceptors (Lipinski definition) is 3. The molecule has 1 amide bonds. The van der Waals surface area contributed by atoms with Crippen LogP contribution in [-0.2, 0) is 14.8 Å². The fraction of sp³-hybridized carbons (Fsp3) is 0.500. The molecule has 0 spiro atoms. The Balaban J connectivity index is 2.30. The molecule has 0 aliphatic heterocycles. The average molecular weight is 314 g/mol. The summed E-state index contributed by atoms with van der Waals surface area (Å²) in [7, 11) is -3.55. The molecule has 0 bridgehead atoms. The van der Waals surface area contributed by atoms with Gasteiger partial charge in [-0.05, 0) is 36.5 Å². The Morgan fingerprint density at radius 3 is 2.48 bits per heavy atom. The van der Waals surface area contributed by atoms with Gasteiger partial charge in [0.15, 0.2) is 0 Å². The summed E-state index contributed by atoms with van der Waals surface area (Å²) in [6, 6.07) is 4.09. The van der Waals surface area contributed by atoms with Crippen LogP contribution in [0.2, 0.25) is 0 Å². The zero-order valence-electron chi connectivity index (χ0n) is 11.8. The Labute approximate surface area is 123 Å². The fourth-order valence-corrected chi connectivity index (χ4v) is 3.53. The second kappa shape index (κ2) is 6.01. The molecule has 1 aromatic carbocycles. The topological polar surface area (TPSA) is 89.3 Å². The number of carbonyl (C=O) groups excluding carboxylic acids is 1. The van der Waals surface area contributed by atoms with E-state index >= 15 is 0 Å². The minimum atomic E-state index is -3.55. The number of anilines is 1. The number of nitrogens with one attached hydrogen (secondary N) is 1. The van der Waals surface area contributed by atoms with Gasteiger partial charge in [0.2, 0.25) is 15.9 Å². The van der Waals surface area contributed by atoms with Gasteiger partial charge in [-0.1, -0.05) is 18.9 Å². The summed E-state index contributed by atoms with van der Waals surface area (Å²) in [5.41, 5.74) is 5.84. The van der Waals surface area contributed by atoms with Crippen LogP contribution in [0.1, 0.15) is 37.2 Å². The van der Waals surface area contributed by atoms with Gasteiger partial charge >= 0.3 is 0 Å². The first-order chi connectivity index (χ1) is 9.78. The SMILES string of the molecule is CS(=O)(=O)Nc1ccc(C(C(N)=O)C2CCCC2)cc1F. The van der Waals surface area contributed by atoms with Gasteiger partial charge in [-0.3, -0.25) is 9.52 Å². The van der Waals surface area contributed by atoms with Crippen LogP contribution >= 0.6 is 0 Å². The maximum Gasteiger partial charge on any atom is 0.229 e. The van der Waals surface area contributed by atoms with Crippen LogP contribution in [0.5, 0.6) is 0 Å². The third-order valence-corrected chi connectivity index (χ3v) is 4.42. The summed E-state index contributed by atoms with van der Waals surface area (Å²) in [5, 5.41) is 0. The van der Waals surface area contributed by atoms with Crippen molar-refractivity contribution in [3.8, 4) is 0 Å². The molecule has 3 N–H and O–H groups in total. The molecule has 1 fully saturated rings. The molecule has 7 heteroatoms. The first-order valence-electron chi connectivity index (χ1n) is 6.84. The van der Waals surface area contributed by atoms with Crippen LogP contribution in [0.15, 0.2) is 18.2 Å². The third kappa shape index (κ3) is 3.93. The van der Waals surface area contributed by atoms with Crippen LogP contribution in [0, 0.1) is 11.7 Å². The first kappa shape index (κ1) is 15.8. The minimum Gasteiger partial charge on any atom is -0.369 e. The average Bonchev–Trinajstić information content (AvgIpc) is 2.84. The summed E-state index contributed by atoms with van der Waals surface area (Å²) < 4.78 is 38.4. The molecule has 1 saturated carbocycles. The van der Waals surface area contributed by atoms with E-state index in [1.165, 1.54) is 12.1 Å². The molecular formula is C14H19FN2O3S. The van der Waals surface area contributed by atoms with E-state index < -0.39 is 27.7 Å². The monoisotopic (exact) mass is 314 g/mol. The molecule has 116 valence electrons. The molecule has 1 aromatic rings. The maximum absolute atomic E-state index is 14.0. The largest absolute Gasteiger partial charge is 0.369 e. The number of carbonyl (C=O) groups is 1. The van der Waals surface area contributed by atoms with E-state index in [0.717, 1.165) is 31.9 Å². The van der Waals surface area contributed by atoms with Gasteiger partial charge < -0.3 is 5.73 Å². The van der Waals surface area contributed by atoms with Crippen molar-refractivity contribution in [1.29, 1.82) is 0 Å². The second-order valence-corrected chi connectivity index (χ2v) is 7.29. The zero-order chi connectivity index (χ0) is 15.6. The van der Waals surface area contributed by atoms with Gasteiger partial charge in [0.1, 0.15) is 5.82 Å². The maximum atomic E-state index is 14.0. The smallest absolute Gasteiger partial charge is 0.229 e. The van der Waals surface area contributed by atoms with Crippen molar-refractivity contribution in [1.82, 2.24) is 0 Å². The first-order valence-corrected chi connectivity index (χ1v) is 8.73.